The summed E-state index contributed by atoms with van der Waals surface area (Å²) in [5, 5.41) is 8.29. The van der Waals surface area contributed by atoms with Gasteiger partial charge in [-0.1, -0.05) is 41.9 Å². The second kappa shape index (κ2) is 7.94. The van der Waals surface area contributed by atoms with Gasteiger partial charge in [-0.3, -0.25) is 9.89 Å². The van der Waals surface area contributed by atoms with Crippen LogP contribution in [0.2, 0.25) is 5.02 Å². The third kappa shape index (κ3) is 3.63. The Morgan fingerprint density at radius 3 is 2.62 bits per heavy atom. The third-order valence-electron chi connectivity index (χ3n) is 5.23. The van der Waals surface area contributed by atoms with Crippen LogP contribution in [0.25, 0.3) is 33.4 Å². The average molecular weight is 443 g/mol. The molecule has 0 bridgehead atoms. The molecule has 2 aromatic carbocycles. The van der Waals surface area contributed by atoms with Crippen molar-refractivity contribution in [2.24, 2.45) is 0 Å². The Bertz CT molecular complexity index is 1450. The summed E-state index contributed by atoms with van der Waals surface area (Å²) < 4.78 is 1.80. The fraction of sp³-hybridized carbons (Fsp3) is 0.0833. The van der Waals surface area contributed by atoms with E-state index in [1.807, 2.05) is 61.8 Å². The van der Waals surface area contributed by atoms with Gasteiger partial charge in [0.2, 0.25) is 5.78 Å². The van der Waals surface area contributed by atoms with E-state index in [0.29, 0.717) is 16.4 Å². The molecule has 3 aromatic heterocycles. The van der Waals surface area contributed by atoms with Crippen LogP contribution < -0.4 is 5.73 Å². The Morgan fingerprint density at radius 1 is 1.09 bits per heavy atom. The minimum atomic E-state index is -0.220. The highest BCUT2D eigenvalue weighted by Crippen LogP contribution is 2.35. The molecule has 0 atom stereocenters. The number of hydrogen-bond donors (Lipinski definition) is 2. The second-order valence-electron chi connectivity index (χ2n) is 7.60. The first kappa shape index (κ1) is 20.0. The SMILES string of the molecule is Cc1ccn(CC(=O)c2nc(-c3cc(Cl)c4[nH]ncc4c3)c(-c3ccccc3)nc2N)c1. The van der Waals surface area contributed by atoms with E-state index in [1.54, 1.807) is 16.8 Å². The zero-order valence-corrected chi connectivity index (χ0v) is 18.0. The van der Waals surface area contributed by atoms with Gasteiger partial charge in [-0.05, 0) is 30.7 Å². The van der Waals surface area contributed by atoms with E-state index in [9.17, 15) is 4.79 Å². The zero-order chi connectivity index (χ0) is 22.2. The van der Waals surface area contributed by atoms with Crippen molar-refractivity contribution >= 4 is 34.1 Å². The largest absolute Gasteiger partial charge is 0.382 e. The van der Waals surface area contributed by atoms with Gasteiger partial charge in [0.25, 0.3) is 0 Å². The third-order valence-corrected chi connectivity index (χ3v) is 5.53. The molecule has 3 heterocycles. The van der Waals surface area contributed by atoms with Crippen molar-refractivity contribution in [1.82, 2.24) is 24.7 Å². The van der Waals surface area contributed by atoms with Crippen LogP contribution >= 0.6 is 11.6 Å². The maximum atomic E-state index is 13.1. The van der Waals surface area contributed by atoms with Gasteiger partial charge in [0, 0.05) is 28.9 Å². The molecule has 0 fully saturated rings. The van der Waals surface area contributed by atoms with Crippen molar-refractivity contribution in [2.75, 3.05) is 5.73 Å². The molecule has 0 saturated carbocycles. The summed E-state index contributed by atoms with van der Waals surface area (Å²) in [4.78, 5) is 22.4. The van der Waals surface area contributed by atoms with E-state index in [-0.39, 0.29) is 23.8 Å². The molecular weight excluding hydrogens is 424 g/mol. The normalized spacial score (nSPS) is 11.2. The highest BCUT2D eigenvalue weighted by molar-refractivity contribution is 6.35. The number of rotatable bonds is 5. The molecule has 0 unspecified atom stereocenters. The first-order valence-electron chi connectivity index (χ1n) is 10.0. The fourth-order valence-electron chi connectivity index (χ4n) is 3.70. The van der Waals surface area contributed by atoms with Crippen LogP contribution in [0.4, 0.5) is 5.82 Å². The summed E-state index contributed by atoms with van der Waals surface area (Å²) in [6, 6.07) is 15.2. The molecule has 3 N–H and O–H groups in total. The van der Waals surface area contributed by atoms with Gasteiger partial charge in [0.1, 0.15) is 0 Å². The number of ketones is 1. The van der Waals surface area contributed by atoms with Gasteiger partial charge in [-0.15, -0.1) is 0 Å². The molecule has 8 heteroatoms. The molecule has 0 aliphatic heterocycles. The van der Waals surface area contributed by atoms with E-state index in [2.05, 4.69) is 15.2 Å². The summed E-state index contributed by atoms with van der Waals surface area (Å²) in [7, 11) is 0. The Balaban J connectivity index is 1.68. The number of halogens is 1. The molecule has 5 rings (SSSR count). The van der Waals surface area contributed by atoms with Crippen molar-refractivity contribution in [3.05, 3.63) is 83.4 Å². The first-order chi connectivity index (χ1) is 15.5. The van der Waals surface area contributed by atoms with Crippen LogP contribution in [-0.4, -0.2) is 30.5 Å². The van der Waals surface area contributed by atoms with Crippen LogP contribution in [0.5, 0.6) is 0 Å². The Kier molecular flexibility index (Phi) is 4.95. The lowest BCUT2D eigenvalue weighted by Crippen LogP contribution is -2.15. The number of nitrogens with zero attached hydrogens (tertiary/aromatic N) is 4. The molecule has 32 heavy (non-hydrogen) atoms. The molecule has 0 aliphatic rings. The number of anilines is 1. The number of aromatic amines is 1. The van der Waals surface area contributed by atoms with Gasteiger partial charge < -0.3 is 10.3 Å². The lowest BCUT2D eigenvalue weighted by atomic mass is 10.0. The predicted molar refractivity (Wildman–Crippen MR) is 125 cm³/mol. The number of benzene rings is 2. The zero-order valence-electron chi connectivity index (χ0n) is 17.2. The van der Waals surface area contributed by atoms with Gasteiger partial charge >= 0.3 is 0 Å². The van der Waals surface area contributed by atoms with Gasteiger partial charge in [-0.25, -0.2) is 9.97 Å². The molecule has 0 aliphatic carbocycles. The van der Waals surface area contributed by atoms with Crippen LogP contribution in [-0.2, 0) is 6.54 Å². The topological polar surface area (TPSA) is 102 Å². The number of aromatic nitrogens is 5. The maximum Gasteiger partial charge on any atom is 0.204 e. The van der Waals surface area contributed by atoms with Gasteiger partial charge in [0.15, 0.2) is 11.5 Å². The van der Waals surface area contributed by atoms with E-state index < -0.39 is 0 Å². The molecule has 0 amide bonds. The van der Waals surface area contributed by atoms with Crippen molar-refractivity contribution < 1.29 is 4.79 Å². The number of H-pyrrole nitrogens is 1. The number of carbonyl (C=O) groups is 1. The predicted octanol–water partition coefficient (Wildman–Crippen LogP) is 4.92. The van der Waals surface area contributed by atoms with Crippen LogP contribution in [0.3, 0.4) is 0 Å². The first-order valence-corrected chi connectivity index (χ1v) is 10.4. The molecule has 5 aromatic rings. The molecule has 7 nitrogen and oxygen atoms in total. The van der Waals surface area contributed by atoms with E-state index in [4.69, 9.17) is 22.3 Å². The van der Waals surface area contributed by atoms with E-state index in [1.165, 1.54) is 0 Å². The van der Waals surface area contributed by atoms with Crippen LogP contribution in [0.1, 0.15) is 16.1 Å². The average Bonchev–Trinajstić information content (AvgIpc) is 3.43. The summed E-state index contributed by atoms with van der Waals surface area (Å²) >= 11 is 6.48. The number of aryl methyl sites for hydroxylation is 1. The lowest BCUT2D eigenvalue weighted by Gasteiger charge is -2.13. The fourth-order valence-corrected chi connectivity index (χ4v) is 3.97. The van der Waals surface area contributed by atoms with Crippen molar-refractivity contribution in [2.45, 2.75) is 13.5 Å². The van der Waals surface area contributed by atoms with E-state index in [0.717, 1.165) is 27.6 Å². The number of nitrogens with two attached hydrogens (primary N) is 1. The molecule has 158 valence electrons. The standard InChI is InChI=1S/C24H19ClN6O/c1-14-7-8-31(12-14)13-19(32)23-24(26)29-21(15-5-3-2-4-6-15)22(28-23)16-9-17-11-27-30-20(17)18(25)10-16/h2-12H,13H2,1H3,(H2,26,29)(H,27,30). The van der Waals surface area contributed by atoms with Crippen LogP contribution in [0, 0.1) is 6.92 Å². The van der Waals surface area contributed by atoms with Gasteiger partial charge in [-0.2, -0.15) is 5.10 Å². The number of Topliss-reactive ketones (excluding diaryl/α,β-unsaturated/α-hetero) is 1. The molecule has 0 saturated heterocycles. The quantitative estimate of drug-likeness (QED) is 0.376. The summed E-state index contributed by atoms with van der Waals surface area (Å²) in [6.07, 6.45) is 5.44. The Labute approximate surface area is 188 Å². The summed E-state index contributed by atoms with van der Waals surface area (Å²) in [6.45, 7) is 2.09. The minimum Gasteiger partial charge on any atom is -0.382 e. The smallest absolute Gasteiger partial charge is 0.204 e. The highest BCUT2D eigenvalue weighted by atomic mass is 35.5. The molecule has 0 spiro atoms. The van der Waals surface area contributed by atoms with Crippen molar-refractivity contribution in [1.29, 1.82) is 0 Å². The van der Waals surface area contributed by atoms with Gasteiger partial charge in [0.05, 0.1) is 34.7 Å². The highest BCUT2D eigenvalue weighted by Gasteiger charge is 2.21. The van der Waals surface area contributed by atoms with Crippen LogP contribution in [0.15, 0.2) is 67.1 Å². The van der Waals surface area contributed by atoms with E-state index >= 15 is 0 Å². The monoisotopic (exact) mass is 442 g/mol. The number of hydrogen-bond acceptors (Lipinski definition) is 5. The second-order valence-corrected chi connectivity index (χ2v) is 8.00. The minimum absolute atomic E-state index is 0.0944. The Morgan fingerprint density at radius 2 is 1.88 bits per heavy atom. The lowest BCUT2D eigenvalue weighted by molar-refractivity contribution is 0.0968. The summed E-state index contributed by atoms with van der Waals surface area (Å²) in [5.74, 6) is -0.126. The number of nitrogens with one attached hydrogen (secondary N) is 1. The Hall–Kier alpha value is -3.97. The number of nitrogen functional groups attached to an aromatic ring is 1. The number of carbonyl (C=O) groups excluding carboxylic acids is 1. The summed E-state index contributed by atoms with van der Waals surface area (Å²) in [5.41, 5.74) is 10.8. The number of fused-ring (bicyclic) bond motifs is 1. The van der Waals surface area contributed by atoms with Crippen molar-refractivity contribution in [3.63, 3.8) is 0 Å². The molecule has 0 radical (unpaired) electrons. The maximum absolute atomic E-state index is 13.1. The molecular formula is C24H19ClN6O. The van der Waals surface area contributed by atoms with Crippen molar-refractivity contribution in [3.8, 4) is 22.5 Å².